The second-order valence-electron chi connectivity index (χ2n) is 8.14. The maximum Gasteiger partial charge on any atom is 0.417 e. The minimum Gasteiger partial charge on any atom is -0.377 e. The molecule has 1 aliphatic heterocycles. The number of rotatable bonds is 6. The summed E-state index contributed by atoms with van der Waals surface area (Å²) < 4.78 is 74.2. The predicted octanol–water partition coefficient (Wildman–Crippen LogP) is 4.23. The molecule has 1 fully saturated rings. The van der Waals surface area contributed by atoms with Gasteiger partial charge in [0.2, 0.25) is 10.0 Å². The molecule has 10 heteroatoms. The van der Waals surface area contributed by atoms with E-state index in [4.69, 9.17) is 4.74 Å². The first-order chi connectivity index (χ1) is 15.6. The normalized spacial score (nSPS) is 17.2. The third kappa shape index (κ3) is 4.97. The third-order valence-electron chi connectivity index (χ3n) is 5.67. The Hall–Kier alpha value is -2.69. The number of aromatic amines is 1. The largest absolute Gasteiger partial charge is 0.417 e. The van der Waals surface area contributed by atoms with Crippen molar-refractivity contribution in [2.75, 3.05) is 13.2 Å². The maximum atomic E-state index is 13.6. The number of benzene rings is 2. The van der Waals surface area contributed by atoms with Crippen LogP contribution in [0.25, 0.3) is 10.9 Å². The number of nitrogens with zero attached hydrogens (tertiary/aromatic N) is 1. The monoisotopic (exact) mass is 480 g/mol. The number of nitrogens with one attached hydrogen (secondary N) is 1. The molecule has 0 radical (unpaired) electrons. The number of hydrogen-bond donors (Lipinski definition) is 1. The quantitative estimate of drug-likeness (QED) is 0.573. The van der Waals surface area contributed by atoms with Crippen LogP contribution in [0.3, 0.4) is 0 Å². The van der Waals surface area contributed by atoms with Crippen molar-refractivity contribution in [3.05, 3.63) is 75.6 Å². The van der Waals surface area contributed by atoms with Gasteiger partial charge in [-0.25, -0.2) is 8.42 Å². The highest BCUT2D eigenvalue weighted by Crippen LogP contribution is 2.35. The number of alkyl halides is 3. The number of aromatic nitrogens is 1. The van der Waals surface area contributed by atoms with Gasteiger partial charge >= 0.3 is 6.18 Å². The van der Waals surface area contributed by atoms with Crippen molar-refractivity contribution in [2.24, 2.45) is 0 Å². The van der Waals surface area contributed by atoms with Crippen LogP contribution in [0.5, 0.6) is 0 Å². The molecule has 0 saturated carbocycles. The lowest BCUT2D eigenvalue weighted by Gasteiger charge is -2.26. The Morgan fingerprint density at radius 2 is 1.91 bits per heavy atom. The van der Waals surface area contributed by atoms with Gasteiger partial charge in [0.15, 0.2) is 0 Å². The Bertz CT molecular complexity index is 1330. The number of fused-ring (bicyclic) bond motifs is 1. The number of H-pyrrole nitrogens is 1. The molecule has 0 unspecified atom stereocenters. The molecule has 176 valence electrons. The van der Waals surface area contributed by atoms with Gasteiger partial charge in [-0.05, 0) is 55.0 Å². The lowest BCUT2D eigenvalue weighted by atomic mass is 10.1. The first kappa shape index (κ1) is 23.5. The van der Waals surface area contributed by atoms with Crippen LogP contribution in [-0.4, -0.2) is 37.0 Å². The van der Waals surface area contributed by atoms with Crippen molar-refractivity contribution in [1.82, 2.24) is 9.29 Å². The van der Waals surface area contributed by atoms with Gasteiger partial charge in [-0.15, -0.1) is 0 Å². The summed E-state index contributed by atoms with van der Waals surface area (Å²) >= 11 is 0. The lowest BCUT2D eigenvalue weighted by molar-refractivity contribution is -0.139. The second kappa shape index (κ2) is 8.92. The van der Waals surface area contributed by atoms with Crippen molar-refractivity contribution >= 4 is 20.9 Å². The number of ether oxygens (including phenoxy) is 1. The van der Waals surface area contributed by atoms with Crippen LogP contribution >= 0.6 is 0 Å². The second-order valence-corrected chi connectivity index (χ2v) is 10.0. The van der Waals surface area contributed by atoms with E-state index in [1.165, 1.54) is 6.07 Å². The average molecular weight is 481 g/mol. The zero-order valence-electron chi connectivity index (χ0n) is 17.9. The summed E-state index contributed by atoms with van der Waals surface area (Å²) in [7, 11) is -4.60. The average Bonchev–Trinajstić information content (AvgIpc) is 3.26. The fourth-order valence-electron chi connectivity index (χ4n) is 4.00. The Morgan fingerprint density at radius 1 is 1.15 bits per heavy atom. The van der Waals surface area contributed by atoms with Crippen LogP contribution < -0.4 is 5.56 Å². The van der Waals surface area contributed by atoms with E-state index in [1.807, 2.05) is 13.0 Å². The van der Waals surface area contributed by atoms with Gasteiger partial charge in [-0.1, -0.05) is 24.3 Å². The zero-order chi connectivity index (χ0) is 23.8. The highest BCUT2D eigenvalue weighted by molar-refractivity contribution is 7.89. The zero-order valence-corrected chi connectivity index (χ0v) is 18.7. The molecule has 1 saturated heterocycles. The third-order valence-corrected chi connectivity index (χ3v) is 7.54. The molecule has 4 rings (SSSR count). The van der Waals surface area contributed by atoms with E-state index in [0.717, 1.165) is 34.5 Å². The molecule has 33 heavy (non-hydrogen) atoms. The Kier molecular flexibility index (Phi) is 6.35. The Morgan fingerprint density at radius 3 is 2.61 bits per heavy atom. The van der Waals surface area contributed by atoms with Crippen LogP contribution in [0.15, 0.2) is 58.2 Å². The Balaban J connectivity index is 1.78. The summed E-state index contributed by atoms with van der Waals surface area (Å²) in [6.07, 6.45) is -3.99. The molecule has 0 spiro atoms. The molecule has 2 aromatic carbocycles. The molecule has 2 heterocycles. The van der Waals surface area contributed by atoms with E-state index in [2.05, 4.69) is 4.98 Å². The van der Waals surface area contributed by atoms with Crippen molar-refractivity contribution in [3.63, 3.8) is 0 Å². The van der Waals surface area contributed by atoms with E-state index in [9.17, 15) is 26.4 Å². The fraction of sp³-hybridized carbons (Fsp3) is 0.348. The van der Waals surface area contributed by atoms with Gasteiger partial charge in [-0.3, -0.25) is 4.79 Å². The number of sulfonamides is 1. The highest BCUT2D eigenvalue weighted by atomic mass is 32.2. The van der Waals surface area contributed by atoms with E-state index >= 15 is 0 Å². The highest BCUT2D eigenvalue weighted by Gasteiger charge is 2.39. The summed E-state index contributed by atoms with van der Waals surface area (Å²) in [5.74, 6) is 0. The molecular weight excluding hydrogens is 457 g/mol. The van der Waals surface area contributed by atoms with E-state index in [1.54, 1.807) is 18.2 Å². The molecule has 0 aliphatic carbocycles. The summed E-state index contributed by atoms with van der Waals surface area (Å²) in [6.45, 7) is 1.79. The van der Waals surface area contributed by atoms with Gasteiger partial charge in [-0.2, -0.15) is 17.5 Å². The van der Waals surface area contributed by atoms with Crippen molar-refractivity contribution in [3.8, 4) is 0 Å². The van der Waals surface area contributed by atoms with Crippen molar-refractivity contribution in [2.45, 2.75) is 43.5 Å². The minimum atomic E-state index is -4.85. The van der Waals surface area contributed by atoms with Crippen LogP contribution in [0, 0.1) is 6.92 Å². The molecule has 0 amide bonds. The molecule has 0 bridgehead atoms. The van der Waals surface area contributed by atoms with Crippen molar-refractivity contribution < 1.29 is 26.3 Å². The summed E-state index contributed by atoms with van der Waals surface area (Å²) in [5, 5.41) is 0.695. The number of aryl methyl sites for hydroxylation is 1. The molecule has 1 aliphatic rings. The molecular formula is C23H23F3N2O4S. The predicted molar refractivity (Wildman–Crippen MR) is 117 cm³/mol. The van der Waals surface area contributed by atoms with Crippen LogP contribution in [0.1, 0.15) is 29.5 Å². The molecule has 1 aromatic heterocycles. The lowest BCUT2D eigenvalue weighted by Crippen LogP contribution is -2.39. The number of hydrogen-bond acceptors (Lipinski definition) is 4. The van der Waals surface area contributed by atoms with Crippen molar-refractivity contribution in [1.29, 1.82) is 0 Å². The van der Waals surface area contributed by atoms with Gasteiger partial charge in [0.05, 0.1) is 16.6 Å². The van der Waals surface area contributed by atoms with E-state index in [-0.39, 0.29) is 18.7 Å². The van der Waals surface area contributed by atoms with Gasteiger partial charge in [0, 0.05) is 30.8 Å². The summed E-state index contributed by atoms with van der Waals surface area (Å²) in [6, 6.07) is 11.1. The number of halogens is 3. The SMILES string of the molecule is Cc1ccc2cc(CN(C[C@@H]3CCCO3)S(=O)(=O)c3ccccc3C(F)(F)F)c(=O)[nH]c2c1. The smallest absolute Gasteiger partial charge is 0.377 e. The summed E-state index contributed by atoms with van der Waals surface area (Å²) in [4.78, 5) is 14.6. The molecule has 1 atom stereocenters. The van der Waals surface area contributed by atoms with Crippen LogP contribution in [0.4, 0.5) is 13.2 Å². The standard InChI is InChI=1S/C23H23F3N2O4S/c1-15-8-9-16-12-17(22(29)27-20(16)11-15)13-28(14-18-5-4-10-32-18)33(30,31)21-7-3-2-6-19(21)23(24,25)26/h2-3,6-9,11-12,18H,4-5,10,13-14H2,1H3,(H,27,29)/t18-/m0/s1. The first-order valence-electron chi connectivity index (χ1n) is 10.5. The molecule has 3 aromatic rings. The number of pyridine rings is 1. The van der Waals surface area contributed by atoms with Gasteiger partial charge in [0.1, 0.15) is 0 Å². The topological polar surface area (TPSA) is 79.5 Å². The fourth-order valence-corrected chi connectivity index (χ4v) is 5.66. The van der Waals surface area contributed by atoms with E-state index < -0.39 is 38.3 Å². The van der Waals surface area contributed by atoms with Crippen LogP contribution in [-0.2, 0) is 27.5 Å². The first-order valence-corrected chi connectivity index (χ1v) is 11.9. The maximum absolute atomic E-state index is 13.6. The van der Waals surface area contributed by atoms with Crippen LogP contribution in [0.2, 0.25) is 0 Å². The molecule has 1 N–H and O–H groups in total. The van der Waals surface area contributed by atoms with E-state index in [0.29, 0.717) is 23.9 Å². The molecule has 6 nitrogen and oxygen atoms in total. The van der Waals surface area contributed by atoms with Gasteiger partial charge < -0.3 is 9.72 Å². The minimum absolute atomic E-state index is 0.136. The Labute approximate surface area is 189 Å². The van der Waals surface area contributed by atoms with Gasteiger partial charge in [0.25, 0.3) is 5.56 Å². The summed E-state index contributed by atoms with van der Waals surface area (Å²) in [5.41, 5.74) is -0.0654.